The predicted octanol–water partition coefficient (Wildman–Crippen LogP) is 3.31. The minimum absolute atomic E-state index is 0.0751. The molecule has 0 radical (unpaired) electrons. The fourth-order valence-corrected chi connectivity index (χ4v) is 1.75. The Morgan fingerprint density at radius 3 is 2.26 bits per heavy atom. The van der Waals surface area contributed by atoms with Gasteiger partial charge in [-0.15, -0.1) is 0 Å². The first-order valence-electron chi connectivity index (χ1n) is 5.29. The van der Waals surface area contributed by atoms with E-state index in [9.17, 15) is 23.3 Å². The first-order chi connectivity index (χ1) is 8.79. The molecular formula is C12H9F3N2O2. The number of non-ortho nitro benzene ring substituents is 1. The van der Waals surface area contributed by atoms with Crippen molar-refractivity contribution in [3.63, 3.8) is 0 Å². The first-order valence-corrected chi connectivity index (χ1v) is 5.29. The van der Waals surface area contributed by atoms with Gasteiger partial charge in [0.05, 0.1) is 4.92 Å². The number of hydrogen-bond acceptors (Lipinski definition) is 3. The minimum atomic E-state index is -4.52. The van der Waals surface area contributed by atoms with E-state index in [0.29, 0.717) is 10.8 Å². The topological polar surface area (TPSA) is 69.2 Å². The monoisotopic (exact) mass is 270 g/mol. The van der Waals surface area contributed by atoms with Crippen molar-refractivity contribution in [1.82, 2.24) is 0 Å². The number of nitrogens with zero attached hydrogens (tertiary/aromatic N) is 1. The van der Waals surface area contributed by atoms with Gasteiger partial charge in [0.15, 0.2) is 0 Å². The Bertz CT molecular complexity index is 640. The highest BCUT2D eigenvalue weighted by Crippen LogP contribution is 2.32. The molecule has 2 rings (SSSR count). The van der Waals surface area contributed by atoms with Crippen molar-refractivity contribution in [1.29, 1.82) is 0 Å². The number of benzene rings is 2. The van der Waals surface area contributed by atoms with Gasteiger partial charge >= 0.3 is 6.18 Å². The van der Waals surface area contributed by atoms with Gasteiger partial charge in [0.1, 0.15) is 6.04 Å². The number of hydrogen-bond donors (Lipinski definition) is 1. The second kappa shape index (κ2) is 4.51. The quantitative estimate of drug-likeness (QED) is 0.672. The van der Waals surface area contributed by atoms with Crippen molar-refractivity contribution in [2.45, 2.75) is 12.2 Å². The van der Waals surface area contributed by atoms with Gasteiger partial charge in [-0.05, 0) is 28.5 Å². The summed E-state index contributed by atoms with van der Waals surface area (Å²) in [5, 5.41) is 11.6. The third kappa shape index (κ3) is 2.65. The molecule has 2 aromatic rings. The van der Waals surface area contributed by atoms with Gasteiger partial charge in [0, 0.05) is 12.1 Å². The molecule has 0 saturated carbocycles. The molecule has 0 spiro atoms. The number of nitrogens with two attached hydrogens (primary N) is 1. The van der Waals surface area contributed by atoms with E-state index in [-0.39, 0.29) is 11.3 Å². The third-order valence-electron chi connectivity index (χ3n) is 2.77. The lowest BCUT2D eigenvalue weighted by molar-refractivity contribution is -0.384. The fourth-order valence-electron chi connectivity index (χ4n) is 1.75. The summed E-state index contributed by atoms with van der Waals surface area (Å²) in [7, 11) is 0. The van der Waals surface area contributed by atoms with E-state index in [4.69, 9.17) is 5.73 Å². The molecule has 0 bridgehead atoms. The molecular weight excluding hydrogens is 261 g/mol. The van der Waals surface area contributed by atoms with Crippen LogP contribution in [0.4, 0.5) is 18.9 Å². The van der Waals surface area contributed by atoms with E-state index in [1.165, 1.54) is 36.4 Å². The standard InChI is InChI=1S/C12H9F3N2O2/c13-12(14,15)11(16)9-2-1-8-6-10(17(18)19)4-3-7(8)5-9/h1-6,11H,16H2/t11-/m0/s1. The largest absolute Gasteiger partial charge is 0.407 e. The molecule has 7 heteroatoms. The maximum absolute atomic E-state index is 12.5. The van der Waals surface area contributed by atoms with Crippen molar-refractivity contribution in [2.75, 3.05) is 0 Å². The van der Waals surface area contributed by atoms with Gasteiger partial charge < -0.3 is 5.73 Å². The van der Waals surface area contributed by atoms with Gasteiger partial charge in [0.2, 0.25) is 0 Å². The number of halogens is 3. The SMILES string of the molecule is N[C@@H](c1ccc2cc([N+](=O)[O-])ccc2c1)C(F)(F)F. The Morgan fingerprint density at radius 2 is 1.68 bits per heavy atom. The summed E-state index contributed by atoms with van der Waals surface area (Å²) in [6.07, 6.45) is -4.52. The van der Waals surface area contributed by atoms with Crippen LogP contribution in [0.1, 0.15) is 11.6 Å². The number of nitro groups is 1. The van der Waals surface area contributed by atoms with Crippen LogP contribution in [-0.2, 0) is 0 Å². The number of rotatable bonds is 2. The lowest BCUT2D eigenvalue weighted by Gasteiger charge is -2.16. The molecule has 0 amide bonds. The number of fused-ring (bicyclic) bond motifs is 1. The maximum Gasteiger partial charge on any atom is 0.407 e. The van der Waals surface area contributed by atoms with E-state index in [1.807, 2.05) is 0 Å². The highest BCUT2D eigenvalue weighted by atomic mass is 19.4. The second-order valence-electron chi connectivity index (χ2n) is 4.07. The molecule has 2 aromatic carbocycles. The van der Waals surface area contributed by atoms with E-state index in [2.05, 4.69) is 0 Å². The van der Waals surface area contributed by atoms with Crippen molar-refractivity contribution >= 4 is 16.5 Å². The molecule has 1 atom stereocenters. The smallest absolute Gasteiger partial charge is 0.316 e. The summed E-state index contributed by atoms with van der Waals surface area (Å²) in [4.78, 5) is 10.0. The van der Waals surface area contributed by atoms with Crippen molar-refractivity contribution in [3.05, 3.63) is 52.1 Å². The van der Waals surface area contributed by atoms with Gasteiger partial charge in [-0.1, -0.05) is 12.1 Å². The van der Waals surface area contributed by atoms with E-state index in [0.717, 1.165) is 0 Å². The average Bonchev–Trinajstić information content (AvgIpc) is 2.35. The van der Waals surface area contributed by atoms with Crippen LogP contribution in [0.3, 0.4) is 0 Å². The van der Waals surface area contributed by atoms with Crippen LogP contribution in [0.25, 0.3) is 10.8 Å². The zero-order valence-corrected chi connectivity index (χ0v) is 9.52. The Kier molecular flexibility index (Phi) is 3.15. The average molecular weight is 270 g/mol. The molecule has 0 heterocycles. The Morgan fingerprint density at radius 1 is 1.11 bits per heavy atom. The Hall–Kier alpha value is -2.15. The Balaban J connectivity index is 2.48. The van der Waals surface area contributed by atoms with Crippen molar-refractivity contribution in [2.24, 2.45) is 5.73 Å². The van der Waals surface area contributed by atoms with Gasteiger partial charge in [-0.25, -0.2) is 0 Å². The molecule has 4 nitrogen and oxygen atoms in total. The van der Waals surface area contributed by atoms with Gasteiger partial charge in [-0.3, -0.25) is 10.1 Å². The van der Waals surface area contributed by atoms with Crippen LogP contribution in [0, 0.1) is 10.1 Å². The van der Waals surface area contributed by atoms with Gasteiger partial charge in [-0.2, -0.15) is 13.2 Å². The Labute approximate surface area is 105 Å². The van der Waals surface area contributed by atoms with Crippen molar-refractivity contribution < 1.29 is 18.1 Å². The van der Waals surface area contributed by atoms with Crippen LogP contribution in [0.15, 0.2) is 36.4 Å². The lowest BCUT2D eigenvalue weighted by atomic mass is 10.0. The van der Waals surface area contributed by atoms with Crippen LogP contribution in [0.2, 0.25) is 0 Å². The summed E-state index contributed by atoms with van der Waals surface area (Å²) in [6.45, 7) is 0. The molecule has 0 saturated heterocycles. The predicted molar refractivity (Wildman–Crippen MR) is 63.6 cm³/mol. The maximum atomic E-state index is 12.5. The highest BCUT2D eigenvalue weighted by Gasteiger charge is 2.37. The van der Waals surface area contributed by atoms with E-state index in [1.54, 1.807) is 0 Å². The van der Waals surface area contributed by atoms with Gasteiger partial charge in [0.25, 0.3) is 5.69 Å². The summed E-state index contributed by atoms with van der Waals surface area (Å²) >= 11 is 0. The lowest BCUT2D eigenvalue weighted by Crippen LogP contribution is -2.28. The summed E-state index contributed by atoms with van der Waals surface area (Å²) in [5.74, 6) is 0. The molecule has 2 N–H and O–H groups in total. The second-order valence-corrected chi connectivity index (χ2v) is 4.07. The molecule has 0 unspecified atom stereocenters. The fraction of sp³-hybridized carbons (Fsp3) is 0.167. The zero-order chi connectivity index (χ0) is 14.2. The molecule has 19 heavy (non-hydrogen) atoms. The van der Waals surface area contributed by atoms with Crippen LogP contribution < -0.4 is 5.73 Å². The molecule has 0 aliphatic carbocycles. The third-order valence-corrected chi connectivity index (χ3v) is 2.77. The molecule has 0 aliphatic rings. The van der Waals surface area contributed by atoms with Crippen LogP contribution >= 0.6 is 0 Å². The van der Waals surface area contributed by atoms with Crippen molar-refractivity contribution in [3.8, 4) is 0 Å². The zero-order valence-electron chi connectivity index (χ0n) is 9.52. The summed E-state index contributed by atoms with van der Waals surface area (Å²) < 4.78 is 37.5. The highest BCUT2D eigenvalue weighted by molar-refractivity contribution is 5.85. The molecule has 0 aliphatic heterocycles. The van der Waals surface area contributed by atoms with Crippen LogP contribution in [-0.4, -0.2) is 11.1 Å². The molecule has 0 aromatic heterocycles. The minimum Gasteiger partial charge on any atom is -0.316 e. The molecule has 0 fully saturated rings. The normalized spacial score (nSPS) is 13.5. The summed E-state index contributed by atoms with van der Waals surface area (Å²) in [5.41, 5.74) is 4.92. The van der Waals surface area contributed by atoms with E-state index < -0.39 is 17.1 Å². The summed E-state index contributed by atoms with van der Waals surface area (Å²) in [6, 6.07) is 5.79. The number of alkyl halides is 3. The van der Waals surface area contributed by atoms with E-state index >= 15 is 0 Å². The first kappa shape index (κ1) is 13.3. The molecule has 100 valence electrons. The van der Waals surface area contributed by atoms with Crippen LogP contribution in [0.5, 0.6) is 0 Å². The number of nitro benzene ring substituents is 1.